The van der Waals surface area contributed by atoms with E-state index in [-0.39, 0.29) is 12.1 Å². The van der Waals surface area contributed by atoms with E-state index in [2.05, 4.69) is 19.4 Å². The highest BCUT2D eigenvalue weighted by atomic mass is 32.2. The second kappa shape index (κ2) is 8.31. The molecule has 1 N–H and O–H groups in total. The SMILES string of the molecule is O=S(=O)(NC1CCC(Oc2ncccn2)CC1)c1ccccc1OC(F)(F)F. The van der Waals surface area contributed by atoms with Crippen LogP contribution < -0.4 is 14.2 Å². The third-order valence-corrected chi connectivity index (χ3v) is 5.73. The van der Waals surface area contributed by atoms with Crippen molar-refractivity contribution in [1.82, 2.24) is 14.7 Å². The number of benzene rings is 1. The van der Waals surface area contributed by atoms with Gasteiger partial charge in [-0.15, -0.1) is 13.2 Å². The summed E-state index contributed by atoms with van der Waals surface area (Å²) >= 11 is 0. The van der Waals surface area contributed by atoms with Crippen LogP contribution in [0.4, 0.5) is 13.2 Å². The number of halogens is 3. The molecule has 0 atom stereocenters. The highest BCUT2D eigenvalue weighted by Crippen LogP contribution is 2.30. The summed E-state index contributed by atoms with van der Waals surface area (Å²) in [6.45, 7) is 0. The maximum Gasteiger partial charge on any atom is 0.573 e. The summed E-state index contributed by atoms with van der Waals surface area (Å²) in [5.41, 5.74) is 0. The number of aromatic nitrogens is 2. The lowest BCUT2D eigenvalue weighted by atomic mass is 9.94. The van der Waals surface area contributed by atoms with E-state index in [1.165, 1.54) is 12.1 Å². The minimum Gasteiger partial charge on any atom is -0.460 e. The molecule has 1 aliphatic carbocycles. The standard InChI is InChI=1S/C17H18F3N3O4S/c18-17(19,20)27-14-4-1-2-5-15(14)28(24,25)23-12-6-8-13(9-7-12)26-16-21-10-3-11-22-16/h1-5,10-13,23H,6-9H2. The molecule has 0 aliphatic heterocycles. The molecule has 0 bridgehead atoms. The molecule has 1 saturated carbocycles. The molecule has 3 rings (SSSR count). The van der Waals surface area contributed by atoms with Crippen molar-refractivity contribution in [2.24, 2.45) is 0 Å². The van der Waals surface area contributed by atoms with E-state index in [0.717, 1.165) is 12.1 Å². The van der Waals surface area contributed by atoms with Crippen LogP contribution >= 0.6 is 0 Å². The predicted molar refractivity (Wildman–Crippen MR) is 92.2 cm³/mol. The van der Waals surface area contributed by atoms with Crippen LogP contribution in [0.5, 0.6) is 11.8 Å². The molecule has 11 heteroatoms. The number of sulfonamides is 1. The molecule has 2 aromatic rings. The molecule has 1 aromatic heterocycles. The van der Waals surface area contributed by atoms with Gasteiger partial charge in [-0.25, -0.2) is 23.1 Å². The Hall–Kier alpha value is -2.40. The van der Waals surface area contributed by atoms with E-state index < -0.39 is 33.1 Å². The lowest BCUT2D eigenvalue weighted by Gasteiger charge is -2.28. The van der Waals surface area contributed by atoms with Crippen LogP contribution in [0, 0.1) is 0 Å². The van der Waals surface area contributed by atoms with Gasteiger partial charge in [0.2, 0.25) is 10.0 Å². The van der Waals surface area contributed by atoms with Crippen molar-refractivity contribution in [2.45, 2.75) is 49.1 Å². The second-order valence-electron chi connectivity index (χ2n) is 6.24. The maximum absolute atomic E-state index is 12.6. The molecule has 1 fully saturated rings. The van der Waals surface area contributed by atoms with Crippen LogP contribution in [0.3, 0.4) is 0 Å². The minimum absolute atomic E-state index is 0.149. The van der Waals surface area contributed by atoms with Crippen LogP contribution in [0.15, 0.2) is 47.6 Å². The highest BCUT2D eigenvalue weighted by molar-refractivity contribution is 7.89. The molecule has 0 radical (unpaired) electrons. The summed E-state index contributed by atoms with van der Waals surface area (Å²) in [6, 6.07) is 6.15. The topological polar surface area (TPSA) is 90.4 Å². The fourth-order valence-electron chi connectivity index (χ4n) is 2.96. The van der Waals surface area contributed by atoms with Gasteiger partial charge < -0.3 is 9.47 Å². The fourth-order valence-corrected chi connectivity index (χ4v) is 4.39. The Bertz CT molecular complexity index is 886. The number of alkyl halides is 3. The quantitative estimate of drug-likeness (QED) is 0.777. The van der Waals surface area contributed by atoms with E-state index in [1.54, 1.807) is 18.5 Å². The summed E-state index contributed by atoms with van der Waals surface area (Å²) in [6.07, 6.45) is 0.0473. The summed E-state index contributed by atoms with van der Waals surface area (Å²) in [4.78, 5) is 7.41. The van der Waals surface area contributed by atoms with Gasteiger partial charge in [-0.05, 0) is 43.9 Å². The summed E-state index contributed by atoms with van der Waals surface area (Å²) in [5.74, 6) is -0.763. The van der Waals surface area contributed by atoms with Gasteiger partial charge in [-0.2, -0.15) is 0 Å². The Morgan fingerprint density at radius 1 is 1.00 bits per heavy atom. The molecule has 1 aromatic carbocycles. The van der Waals surface area contributed by atoms with Crippen LogP contribution in [-0.2, 0) is 10.0 Å². The maximum atomic E-state index is 12.6. The number of nitrogens with one attached hydrogen (secondary N) is 1. The number of rotatable bonds is 6. The molecule has 0 amide bonds. The lowest BCUT2D eigenvalue weighted by molar-refractivity contribution is -0.275. The fraction of sp³-hybridized carbons (Fsp3) is 0.412. The molecular formula is C17H18F3N3O4S. The second-order valence-corrected chi connectivity index (χ2v) is 7.92. The first-order chi connectivity index (χ1) is 13.2. The lowest BCUT2D eigenvalue weighted by Crippen LogP contribution is -2.40. The minimum atomic E-state index is -4.99. The summed E-state index contributed by atoms with van der Waals surface area (Å²) in [5, 5.41) is 0. The summed E-state index contributed by atoms with van der Waals surface area (Å²) in [7, 11) is -4.18. The Kier molecular flexibility index (Phi) is 6.04. The van der Waals surface area contributed by atoms with Gasteiger partial charge in [0, 0.05) is 18.4 Å². The van der Waals surface area contributed by atoms with Crippen molar-refractivity contribution in [1.29, 1.82) is 0 Å². The van der Waals surface area contributed by atoms with Crippen LogP contribution in [0.1, 0.15) is 25.7 Å². The van der Waals surface area contributed by atoms with Gasteiger partial charge in [0.05, 0.1) is 0 Å². The van der Waals surface area contributed by atoms with Crippen molar-refractivity contribution in [2.75, 3.05) is 0 Å². The van der Waals surface area contributed by atoms with Crippen LogP contribution in [-0.4, -0.2) is 36.9 Å². The first-order valence-corrected chi connectivity index (χ1v) is 10.0. The van der Waals surface area contributed by atoms with E-state index in [4.69, 9.17) is 4.74 Å². The molecule has 28 heavy (non-hydrogen) atoms. The Morgan fingerprint density at radius 2 is 1.64 bits per heavy atom. The van der Waals surface area contributed by atoms with Crippen molar-refractivity contribution >= 4 is 10.0 Å². The van der Waals surface area contributed by atoms with Gasteiger partial charge >= 0.3 is 12.4 Å². The third-order valence-electron chi connectivity index (χ3n) is 4.17. The monoisotopic (exact) mass is 417 g/mol. The van der Waals surface area contributed by atoms with E-state index in [0.29, 0.717) is 25.7 Å². The van der Waals surface area contributed by atoms with Gasteiger partial charge in [-0.1, -0.05) is 12.1 Å². The molecule has 0 spiro atoms. The molecular weight excluding hydrogens is 399 g/mol. The van der Waals surface area contributed by atoms with Crippen molar-refractivity contribution in [3.63, 3.8) is 0 Å². The zero-order valence-corrected chi connectivity index (χ0v) is 15.4. The third kappa shape index (κ3) is 5.55. The van der Waals surface area contributed by atoms with Crippen molar-refractivity contribution in [3.8, 4) is 11.8 Å². The van der Waals surface area contributed by atoms with Crippen LogP contribution in [0.25, 0.3) is 0 Å². The van der Waals surface area contributed by atoms with Crippen LogP contribution in [0.2, 0.25) is 0 Å². The number of hydrogen-bond acceptors (Lipinski definition) is 6. The average molecular weight is 417 g/mol. The molecule has 1 aliphatic rings. The van der Waals surface area contributed by atoms with Crippen molar-refractivity contribution in [3.05, 3.63) is 42.7 Å². The summed E-state index contributed by atoms with van der Waals surface area (Å²) < 4.78 is 74.7. The van der Waals surface area contributed by atoms with E-state index in [1.807, 2.05) is 0 Å². The zero-order valence-electron chi connectivity index (χ0n) is 14.6. The first kappa shape index (κ1) is 20.3. The first-order valence-electron chi connectivity index (χ1n) is 8.54. The number of para-hydroxylation sites is 1. The molecule has 152 valence electrons. The van der Waals surface area contributed by atoms with E-state index >= 15 is 0 Å². The molecule has 0 unspecified atom stereocenters. The average Bonchev–Trinajstić information content (AvgIpc) is 2.63. The largest absolute Gasteiger partial charge is 0.573 e. The Labute approximate surface area is 160 Å². The molecule has 7 nitrogen and oxygen atoms in total. The van der Waals surface area contributed by atoms with Gasteiger partial charge in [0.25, 0.3) is 0 Å². The number of hydrogen-bond donors (Lipinski definition) is 1. The predicted octanol–water partition coefficient (Wildman–Crippen LogP) is 3.04. The van der Waals surface area contributed by atoms with Crippen molar-refractivity contribution < 1.29 is 31.1 Å². The smallest absolute Gasteiger partial charge is 0.460 e. The van der Waals surface area contributed by atoms with Gasteiger partial charge in [-0.3, -0.25) is 0 Å². The molecule has 0 saturated heterocycles. The highest BCUT2D eigenvalue weighted by Gasteiger charge is 2.35. The van der Waals surface area contributed by atoms with Gasteiger partial charge in [0.15, 0.2) is 0 Å². The number of nitrogens with zero attached hydrogens (tertiary/aromatic N) is 2. The number of ether oxygens (including phenoxy) is 2. The normalized spacial score (nSPS) is 20.5. The van der Waals surface area contributed by atoms with E-state index in [9.17, 15) is 21.6 Å². The molecule has 1 heterocycles. The van der Waals surface area contributed by atoms with Gasteiger partial charge in [0.1, 0.15) is 16.7 Å². The Morgan fingerprint density at radius 3 is 2.29 bits per heavy atom. The Balaban J connectivity index is 1.62. The zero-order chi connectivity index (χ0) is 20.2.